The van der Waals surface area contributed by atoms with Crippen LogP contribution in [0, 0.1) is 17.9 Å². The van der Waals surface area contributed by atoms with E-state index in [0.717, 1.165) is 27.5 Å². The smallest absolute Gasteiger partial charge is 0.197 e. The second-order valence-corrected chi connectivity index (χ2v) is 5.26. The first-order valence-corrected chi connectivity index (χ1v) is 7.24. The molecule has 0 aliphatic heterocycles. The van der Waals surface area contributed by atoms with Crippen LogP contribution >= 0.6 is 0 Å². The first-order valence-electron chi connectivity index (χ1n) is 7.24. The Morgan fingerprint density at radius 3 is 2.43 bits per heavy atom. The Balaban J connectivity index is 2.27. The van der Waals surface area contributed by atoms with Gasteiger partial charge in [-0.05, 0) is 29.7 Å². The third-order valence-electron chi connectivity index (χ3n) is 4.06. The normalized spacial score (nSPS) is 10.5. The van der Waals surface area contributed by atoms with E-state index in [1.54, 1.807) is 0 Å². The first kappa shape index (κ1) is 13.1. The summed E-state index contributed by atoms with van der Waals surface area (Å²) in [5, 5.41) is 11.4. The van der Waals surface area contributed by atoms with Crippen molar-refractivity contribution >= 4 is 27.5 Å². The molecule has 0 bridgehead atoms. The zero-order chi connectivity index (χ0) is 15.8. The predicted octanol–water partition coefficient (Wildman–Crippen LogP) is 5.21. The number of fused-ring (bicyclic) bond motifs is 3. The average Bonchev–Trinajstić information content (AvgIpc) is 2.96. The molecule has 3 heteroatoms. The van der Waals surface area contributed by atoms with Gasteiger partial charge in [0.15, 0.2) is 5.69 Å². The highest BCUT2D eigenvalue weighted by Crippen LogP contribution is 2.38. The Morgan fingerprint density at radius 1 is 0.870 bits per heavy atom. The molecule has 1 heterocycles. The zero-order valence-corrected chi connectivity index (χ0v) is 12.2. The lowest BCUT2D eigenvalue weighted by atomic mass is 10.1. The van der Waals surface area contributed by atoms with E-state index in [1.165, 1.54) is 0 Å². The van der Waals surface area contributed by atoms with E-state index in [-0.39, 0.29) is 0 Å². The quantitative estimate of drug-likeness (QED) is 0.444. The minimum atomic E-state index is 0.614. The van der Waals surface area contributed by atoms with E-state index < -0.39 is 0 Å². The number of hydrogen-bond acceptors (Lipinski definition) is 1. The summed E-state index contributed by atoms with van der Waals surface area (Å²) in [7, 11) is 0. The fourth-order valence-electron chi connectivity index (χ4n) is 3.12. The van der Waals surface area contributed by atoms with Gasteiger partial charge in [-0.3, -0.25) is 0 Å². The fourth-order valence-corrected chi connectivity index (χ4v) is 3.12. The molecular weight excluding hydrogens is 282 g/mol. The van der Waals surface area contributed by atoms with Crippen LogP contribution < -0.4 is 0 Å². The molecule has 0 amide bonds. The lowest BCUT2D eigenvalue weighted by molar-refractivity contribution is 1.17. The summed E-state index contributed by atoms with van der Waals surface area (Å²) in [6.45, 7) is 7.46. The van der Waals surface area contributed by atoms with Crippen molar-refractivity contribution in [1.29, 1.82) is 5.26 Å². The Bertz CT molecular complexity index is 1140. The molecule has 23 heavy (non-hydrogen) atoms. The number of nitrogens with zero attached hydrogens (tertiary/aromatic N) is 3. The van der Waals surface area contributed by atoms with Crippen LogP contribution in [0.4, 0.5) is 5.69 Å². The van der Waals surface area contributed by atoms with E-state index in [2.05, 4.69) is 15.5 Å². The van der Waals surface area contributed by atoms with Gasteiger partial charge < -0.3 is 4.57 Å². The largest absolute Gasteiger partial charge is 0.309 e. The molecule has 3 nitrogen and oxygen atoms in total. The number of rotatable bonds is 1. The predicted molar refractivity (Wildman–Crippen MR) is 91.8 cm³/mol. The van der Waals surface area contributed by atoms with E-state index >= 15 is 0 Å². The van der Waals surface area contributed by atoms with Gasteiger partial charge in [0.25, 0.3) is 0 Å². The number of hydrogen-bond donors (Lipinski definition) is 0. The van der Waals surface area contributed by atoms with Crippen LogP contribution in [-0.2, 0) is 0 Å². The van der Waals surface area contributed by atoms with Crippen LogP contribution in [0.25, 0.3) is 32.3 Å². The van der Waals surface area contributed by atoms with E-state index in [4.69, 9.17) is 6.57 Å². The van der Waals surface area contributed by atoms with Crippen LogP contribution in [0.5, 0.6) is 0 Å². The summed E-state index contributed by atoms with van der Waals surface area (Å²) < 4.78 is 2.07. The third-order valence-corrected chi connectivity index (χ3v) is 4.06. The van der Waals surface area contributed by atoms with Crippen molar-refractivity contribution in [3.8, 4) is 11.8 Å². The molecule has 4 aromatic rings. The second-order valence-electron chi connectivity index (χ2n) is 5.26. The molecule has 0 radical (unpaired) electrons. The average molecular weight is 293 g/mol. The van der Waals surface area contributed by atoms with Crippen molar-refractivity contribution in [3.05, 3.63) is 83.7 Å². The standard InChI is InChI=1S/C20H11N3/c1-22-16-9-6-12-19-20(16)15-8-3-5-11-18(15)23(19)17-10-4-2-7-14(17)13-21/h2-12H. The maximum atomic E-state index is 9.45. The van der Waals surface area contributed by atoms with Crippen molar-refractivity contribution in [2.45, 2.75) is 0 Å². The highest BCUT2D eigenvalue weighted by atomic mass is 15.0. The van der Waals surface area contributed by atoms with Gasteiger partial charge in [0, 0.05) is 10.9 Å². The summed E-state index contributed by atoms with van der Waals surface area (Å²) in [6.07, 6.45) is 0. The summed E-state index contributed by atoms with van der Waals surface area (Å²) in [6, 6.07) is 23.5. The molecule has 0 saturated carbocycles. The van der Waals surface area contributed by atoms with Crippen LogP contribution in [0.15, 0.2) is 66.7 Å². The molecule has 0 saturated heterocycles. The first-order chi connectivity index (χ1) is 11.3. The van der Waals surface area contributed by atoms with Crippen molar-refractivity contribution in [2.24, 2.45) is 0 Å². The van der Waals surface area contributed by atoms with Gasteiger partial charge in [-0.15, -0.1) is 0 Å². The van der Waals surface area contributed by atoms with Crippen LogP contribution in [-0.4, -0.2) is 4.57 Å². The number of benzene rings is 3. The van der Waals surface area contributed by atoms with Crippen LogP contribution in [0.3, 0.4) is 0 Å². The van der Waals surface area contributed by atoms with E-state index in [9.17, 15) is 5.26 Å². The van der Waals surface area contributed by atoms with Gasteiger partial charge in [-0.1, -0.05) is 42.5 Å². The second kappa shape index (κ2) is 5.02. The maximum absolute atomic E-state index is 9.45. The highest BCUT2D eigenvalue weighted by Gasteiger charge is 2.16. The molecule has 0 aliphatic rings. The van der Waals surface area contributed by atoms with Gasteiger partial charge >= 0.3 is 0 Å². The van der Waals surface area contributed by atoms with Gasteiger partial charge in [0.2, 0.25) is 0 Å². The fraction of sp³-hybridized carbons (Fsp3) is 0. The summed E-state index contributed by atoms with van der Waals surface area (Å²) >= 11 is 0. The molecule has 0 spiro atoms. The molecule has 0 atom stereocenters. The SMILES string of the molecule is [C-]#[N+]c1cccc2c1c1ccccc1n2-c1ccccc1C#N. The molecule has 3 aromatic carbocycles. The number of nitriles is 1. The number of para-hydroxylation sites is 2. The van der Waals surface area contributed by atoms with E-state index in [1.807, 2.05) is 66.7 Å². The minimum absolute atomic E-state index is 0.614. The molecule has 0 unspecified atom stereocenters. The topological polar surface area (TPSA) is 33.1 Å². The van der Waals surface area contributed by atoms with Crippen LogP contribution in [0.2, 0.25) is 0 Å². The summed E-state index contributed by atoms with van der Waals surface area (Å²) in [5.41, 5.74) is 4.03. The highest BCUT2D eigenvalue weighted by molar-refractivity contribution is 6.15. The van der Waals surface area contributed by atoms with Gasteiger partial charge in [0.1, 0.15) is 6.07 Å². The minimum Gasteiger partial charge on any atom is -0.309 e. The molecule has 4 rings (SSSR count). The lowest BCUT2D eigenvalue weighted by Crippen LogP contribution is -1.96. The molecule has 0 N–H and O–H groups in total. The zero-order valence-electron chi connectivity index (χ0n) is 12.2. The molecule has 0 fully saturated rings. The monoisotopic (exact) mass is 293 g/mol. The van der Waals surface area contributed by atoms with Crippen molar-refractivity contribution in [1.82, 2.24) is 4.57 Å². The Kier molecular flexibility index (Phi) is 2.86. The van der Waals surface area contributed by atoms with Gasteiger partial charge in [0.05, 0.1) is 23.3 Å². The van der Waals surface area contributed by atoms with Crippen molar-refractivity contribution < 1.29 is 0 Å². The van der Waals surface area contributed by atoms with Gasteiger partial charge in [-0.25, -0.2) is 4.85 Å². The molecule has 0 aliphatic carbocycles. The van der Waals surface area contributed by atoms with Crippen molar-refractivity contribution in [3.63, 3.8) is 0 Å². The summed E-state index contributed by atoms with van der Waals surface area (Å²) in [5.74, 6) is 0. The number of aromatic nitrogens is 1. The molecular formula is C20H11N3. The molecule has 106 valence electrons. The van der Waals surface area contributed by atoms with Crippen LogP contribution in [0.1, 0.15) is 5.56 Å². The maximum Gasteiger partial charge on any atom is 0.197 e. The van der Waals surface area contributed by atoms with Gasteiger partial charge in [-0.2, -0.15) is 5.26 Å². The van der Waals surface area contributed by atoms with E-state index in [0.29, 0.717) is 11.3 Å². The Hall–Kier alpha value is -3.56. The third kappa shape index (κ3) is 1.81. The summed E-state index contributed by atoms with van der Waals surface area (Å²) in [4.78, 5) is 3.67. The molecule has 1 aromatic heterocycles. The van der Waals surface area contributed by atoms with Crippen molar-refractivity contribution in [2.75, 3.05) is 0 Å². The lowest BCUT2D eigenvalue weighted by Gasteiger charge is -2.09. The Morgan fingerprint density at radius 2 is 1.61 bits per heavy atom. The Labute approximate surface area is 133 Å².